The van der Waals surface area contributed by atoms with Crippen molar-refractivity contribution in [3.05, 3.63) is 12.1 Å². The molecule has 0 heterocycles. The SMILES string of the molecule is COCC=CB(O)O. The molecule has 0 saturated carbocycles. The van der Waals surface area contributed by atoms with Crippen molar-refractivity contribution >= 4 is 7.12 Å². The number of hydrogen-bond donors (Lipinski definition) is 2. The molecule has 0 aromatic carbocycles. The zero-order valence-electron chi connectivity index (χ0n) is 4.74. The van der Waals surface area contributed by atoms with Gasteiger partial charge in [0, 0.05) is 7.11 Å². The van der Waals surface area contributed by atoms with Crippen LogP contribution in [0, 0.1) is 0 Å². The topological polar surface area (TPSA) is 49.7 Å². The molecule has 2 N–H and O–H groups in total. The van der Waals surface area contributed by atoms with Crippen LogP contribution in [0.25, 0.3) is 0 Å². The molecule has 0 aliphatic carbocycles. The summed E-state index contributed by atoms with van der Waals surface area (Å²) in [5, 5.41) is 16.4. The molecule has 0 aliphatic heterocycles. The number of ether oxygens (including phenoxy) is 1. The Morgan fingerprint density at radius 3 is 2.62 bits per heavy atom. The Balaban J connectivity index is 3.07. The van der Waals surface area contributed by atoms with E-state index in [0.717, 1.165) is 0 Å². The molecule has 0 aromatic heterocycles. The summed E-state index contributed by atoms with van der Waals surface area (Å²) in [4.78, 5) is 0. The summed E-state index contributed by atoms with van der Waals surface area (Å²) in [7, 11) is 0.179. The van der Waals surface area contributed by atoms with Crippen molar-refractivity contribution in [3.8, 4) is 0 Å². The highest BCUT2D eigenvalue weighted by molar-refractivity contribution is 6.47. The molecule has 0 amide bonds. The maximum absolute atomic E-state index is 8.19. The molecule has 0 atom stereocenters. The summed E-state index contributed by atoms with van der Waals surface area (Å²) in [5.74, 6) is 1.24. The van der Waals surface area contributed by atoms with Crippen molar-refractivity contribution in [2.24, 2.45) is 0 Å². The second-order valence-corrected chi connectivity index (χ2v) is 1.30. The van der Waals surface area contributed by atoms with Crippen molar-refractivity contribution in [1.82, 2.24) is 0 Å². The van der Waals surface area contributed by atoms with Crippen LogP contribution in [0.5, 0.6) is 0 Å². The van der Waals surface area contributed by atoms with E-state index < -0.39 is 7.12 Å². The van der Waals surface area contributed by atoms with Crippen LogP contribution in [-0.2, 0) is 4.74 Å². The molecule has 3 nitrogen and oxygen atoms in total. The maximum atomic E-state index is 8.19. The van der Waals surface area contributed by atoms with Crippen molar-refractivity contribution in [2.75, 3.05) is 13.7 Å². The van der Waals surface area contributed by atoms with Crippen LogP contribution < -0.4 is 0 Å². The van der Waals surface area contributed by atoms with Crippen molar-refractivity contribution in [3.63, 3.8) is 0 Å². The third-order valence-corrected chi connectivity index (χ3v) is 0.571. The fraction of sp³-hybridized carbons (Fsp3) is 0.500. The molecular weight excluding hydrogens is 107 g/mol. The molecule has 0 aliphatic rings. The van der Waals surface area contributed by atoms with Crippen molar-refractivity contribution < 1.29 is 14.8 Å². The van der Waals surface area contributed by atoms with Gasteiger partial charge in [0.2, 0.25) is 0 Å². The van der Waals surface area contributed by atoms with Crippen LogP contribution in [0.3, 0.4) is 0 Å². The third-order valence-electron chi connectivity index (χ3n) is 0.571. The minimum absolute atomic E-state index is 0.414. The van der Waals surface area contributed by atoms with E-state index in [9.17, 15) is 0 Å². The number of methoxy groups -OCH3 is 1. The maximum Gasteiger partial charge on any atom is 0.480 e. The van der Waals surface area contributed by atoms with Crippen LogP contribution in [-0.4, -0.2) is 30.9 Å². The first kappa shape index (κ1) is 7.68. The van der Waals surface area contributed by atoms with E-state index in [1.54, 1.807) is 0 Å². The quantitative estimate of drug-likeness (QED) is 0.474. The molecule has 46 valence electrons. The van der Waals surface area contributed by atoms with Crippen LogP contribution in [0.1, 0.15) is 0 Å². The average molecular weight is 116 g/mol. The Hall–Kier alpha value is -0.315. The molecule has 0 rings (SSSR count). The summed E-state index contributed by atoms with van der Waals surface area (Å²) in [5.41, 5.74) is 0. The van der Waals surface area contributed by atoms with Crippen molar-refractivity contribution in [1.29, 1.82) is 0 Å². The van der Waals surface area contributed by atoms with Gasteiger partial charge in [-0.05, 0) is 0 Å². The molecule has 0 saturated heterocycles. The van der Waals surface area contributed by atoms with Crippen molar-refractivity contribution in [2.45, 2.75) is 0 Å². The van der Waals surface area contributed by atoms with Gasteiger partial charge < -0.3 is 14.8 Å². The first-order valence-electron chi connectivity index (χ1n) is 2.29. The minimum atomic E-state index is -1.36. The van der Waals surface area contributed by atoms with E-state index in [1.165, 1.54) is 19.2 Å². The molecule has 0 aromatic rings. The number of hydrogen-bond acceptors (Lipinski definition) is 3. The van der Waals surface area contributed by atoms with E-state index in [0.29, 0.717) is 6.61 Å². The second kappa shape index (κ2) is 4.83. The molecule has 0 radical (unpaired) electrons. The summed E-state index contributed by atoms with van der Waals surface area (Å²) in [6.45, 7) is 0.414. The minimum Gasteiger partial charge on any atom is -0.424 e. The highest BCUT2D eigenvalue weighted by Crippen LogP contribution is 1.74. The monoisotopic (exact) mass is 116 g/mol. The van der Waals surface area contributed by atoms with Gasteiger partial charge in [0.05, 0.1) is 6.61 Å². The first-order chi connectivity index (χ1) is 3.77. The molecule has 4 heteroatoms. The van der Waals surface area contributed by atoms with Gasteiger partial charge in [-0.1, -0.05) is 12.1 Å². The van der Waals surface area contributed by atoms with E-state index >= 15 is 0 Å². The zero-order valence-corrected chi connectivity index (χ0v) is 4.74. The molecule has 0 unspecified atom stereocenters. The van der Waals surface area contributed by atoms with Crippen LogP contribution in [0.4, 0.5) is 0 Å². The standard InChI is InChI=1S/C4H9BO3/c1-8-4-2-3-5(6)7/h2-3,6-7H,4H2,1H3. The predicted octanol–water partition coefficient (Wildman–Crippen LogP) is -0.799. The molecule has 0 spiro atoms. The van der Waals surface area contributed by atoms with Gasteiger partial charge in [0.25, 0.3) is 0 Å². The van der Waals surface area contributed by atoms with Gasteiger partial charge in [-0.2, -0.15) is 0 Å². The zero-order chi connectivity index (χ0) is 6.41. The largest absolute Gasteiger partial charge is 0.480 e. The van der Waals surface area contributed by atoms with Gasteiger partial charge >= 0.3 is 7.12 Å². The Bertz CT molecular complexity index is 71.7. The lowest BCUT2D eigenvalue weighted by Gasteiger charge is -1.86. The van der Waals surface area contributed by atoms with E-state index in [-0.39, 0.29) is 0 Å². The van der Waals surface area contributed by atoms with Crippen LogP contribution in [0.2, 0.25) is 0 Å². The molecular formula is C4H9BO3. The predicted molar refractivity (Wildman–Crippen MR) is 31.2 cm³/mol. The number of rotatable bonds is 3. The smallest absolute Gasteiger partial charge is 0.424 e. The van der Waals surface area contributed by atoms with Gasteiger partial charge in [-0.15, -0.1) is 0 Å². The van der Waals surface area contributed by atoms with E-state index in [4.69, 9.17) is 10.0 Å². The second-order valence-electron chi connectivity index (χ2n) is 1.30. The summed E-state index contributed by atoms with van der Waals surface area (Å²) < 4.78 is 4.58. The highest BCUT2D eigenvalue weighted by atomic mass is 16.5. The lowest BCUT2D eigenvalue weighted by Crippen LogP contribution is -2.06. The third kappa shape index (κ3) is 5.68. The van der Waals surface area contributed by atoms with E-state index in [2.05, 4.69) is 4.74 Å². The van der Waals surface area contributed by atoms with Crippen LogP contribution >= 0.6 is 0 Å². The average Bonchev–Trinajstić information content (AvgIpc) is 1.66. The fourth-order valence-electron chi connectivity index (χ4n) is 0.273. The molecule has 0 bridgehead atoms. The lowest BCUT2D eigenvalue weighted by atomic mass is 9.92. The van der Waals surface area contributed by atoms with Gasteiger partial charge in [-0.3, -0.25) is 0 Å². The first-order valence-corrected chi connectivity index (χ1v) is 2.29. The summed E-state index contributed by atoms with van der Waals surface area (Å²) >= 11 is 0. The summed E-state index contributed by atoms with van der Waals surface area (Å²) in [6.07, 6.45) is 1.53. The highest BCUT2D eigenvalue weighted by Gasteiger charge is 1.95. The molecule has 0 fully saturated rings. The Labute approximate surface area is 48.7 Å². The van der Waals surface area contributed by atoms with Gasteiger partial charge in [-0.25, -0.2) is 0 Å². The Morgan fingerprint density at radius 1 is 1.62 bits per heavy atom. The Morgan fingerprint density at radius 2 is 2.25 bits per heavy atom. The van der Waals surface area contributed by atoms with E-state index in [1.807, 2.05) is 0 Å². The van der Waals surface area contributed by atoms with Gasteiger partial charge in [0.15, 0.2) is 0 Å². The lowest BCUT2D eigenvalue weighted by molar-refractivity contribution is 0.233. The van der Waals surface area contributed by atoms with Gasteiger partial charge in [0.1, 0.15) is 0 Å². The summed E-state index contributed by atoms with van der Waals surface area (Å²) in [6, 6.07) is 0. The normalized spacial score (nSPS) is 10.4. The molecule has 8 heavy (non-hydrogen) atoms. The fourth-order valence-corrected chi connectivity index (χ4v) is 0.273. The van der Waals surface area contributed by atoms with Crippen LogP contribution in [0.15, 0.2) is 12.1 Å². The Kier molecular flexibility index (Phi) is 4.64.